The molecule has 4 aliphatic rings. The fourth-order valence-corrected chi connectivity index (χ4v) is 8.22. The third-order valence-electron chi connectivity index (χ3n) is 7.45. The van der Waals surface area contributed by atoms with Gasteiger partial charge in [-0.3, -0.25) is 0 Å². The topological polar surface area (TPSA) is 18.5 Å². The van der Waals surface area contributed by atoms with Crippen LogP contribution in [0, 0.1) is 11.8 Å². The van der Waals surface area contributed by atoms with Gasteiger partial charge in [0.25, 0.3) is 0 Å². The molecule has 2 aliphatic carbocycles. The summed E-state index contributed by atoms with van der Waals surface area (Å²) in [4.78, 5) is 0. The quantitative estimate of drug-likeness (QED) is 0.527. The molecule has 0 amide bonds. The zero-order valence-corrected chi connectivity index (χ0v) is 17.3. The lowest BCUT2D eigenvalue weighted by molar-refractivity contribution is -0.0270. The molecule has 2 saturated carbocycles. The van der Waals surface area contributed by atoms with Crippen molar-refractivity contribution in [3.8, 4) is 0 Å². The molecule has 0 radical (unpaired) electrons. The second-order valence-corrected chi connectivity index (χ2v) is 10.9. The molecule has 25 heavy (non-hydrogen) atoms. The van der Waals surface area contributed by atoms with Crippen LogP contribution in [-0.4, -0.2) is 34.9 Å². The molecule has 0 spiro atoms. The summed E-state index contributed by atoms with van der Waals surface area (Å²) in [6.45, 7) is 6.82. The zero-order valence-electron chi connectivity index (χ0n) is 16.4. The van der Waals surface area contributed by atoms with Crippen molar-refractivity contribution in [1.82, 2.24) is 0 Å². The van der Waals surface area contributed by atoms with Gasteiger partial charge in [-0.05, 0) is 88.9 Å². The maximum Gasteiger partial charge on any atom is 0.0616 e. The molecule has 0 aromatic rings. The average molecular weight is 367 g/mol. The summed E-state index contributed by atoms with van der Waals surface area (Å²) < 4.78 is 13.6. The van der Waals surface area contributed by atoms with Crippen LogP contribution >= 0.6 is 11.8 Å². The second-order valence-electron chi connectivity index (χ2n) is 9.07. The maximum atomic E-state index is 6.26. The summed E-state index contributed by atoms with van der Waals surface area (Å²) in [5.74, 6) is 1.56. The smallest absolute Gasteiger partial charge is 0.0616 e. The van der Waals surface area contributed by atoms with E-state index in [2.05, 4.69) is 25.6 Å². The van der Waals surface area contributed by atoms with Crippen LogP contribution in [0.2, 0.25) is 0 Å². The molecule has 0 aromatic heterocycles. The molecule has 4 rings (SSSR count). The zero-order chi connectivity index (χ0) is 17.3. The Kier molecular flexibility index (Phi) is 5.75. The van der Waals surface area contributed by atoms with E-state index >= 15 is 0 Å². The van der Waals surface area contributed by atoms with Gasteiger partial charge in [-0.15, -0.1) is 11.8 Å². The van der Waals surface area contributed by atoms with E-state index in [-0.39, 0.29) is 0 Å². The van der Waals surface area contributed by atoms with Gasteiger partial charge in [0.05, 0.1) is 12.2 Å². The van der Waals surface area contributed by atoms with Gasteiger partial charge >= 0.3 is 0 Å². The van der Waals surface area contributed by atoms with Gasteiger partial charge in [-0.25, -0.2) is 0 Å². The lowest BCUT2D eigenvalue weighted by Gasteiger charge is -2.41. The molecule has 2 aliphatic heterocycles. The minimum absolute atomic E-state index is 0.537. The van der Waals surface area contributed by atoms with Gasteiger partial charge < -0.3 is 9.47 Å². The lowest BCUT2D eigenvalue weighted by Crippen LogP contribution is -2.40. The van der Waals surface area contributed by atoms with E-state index in [0.29, 0.717) is 21.7 Å². The Morgan fingerprint density at radius 3 is 1.48 bits per heavy atom. The van der Waals surface area contributed by atoms with Crippen LogP contribution in [0.15, 0.2) is 0 Å². The number of rotatable bonds is 8. The van der Waals surface area contributed by atoms with Crippen LogP contribution in [-0.2, 0) is 9.47 Å². The fourth-order valence-electron chi connectivity index (χ4n) is 5.86. The summed E-state index contributed by atoms with van der Waals surface area (Å²) >= 11 is 2.42. The lowest BCUT2D eigenvalue weighted by atomic mass is 9.88. The van der Waals surface area contributed by atoms with Gasteiger partial charge in [-0.1, -0.05) is 13.8 Å². The Hall–Kier alpha value is 0.270. The third kappa shape index (κ3) is 3.80. The molecule has 3 heteroatoms. The van der Waals surface area contributed by atoms with Crippen molar-refractivity contribution in [2.45, 2.75) is 113 Å². The first-order chi connectivity index (χ1) is 12.2. The predicted octanol–water partition coefficient (Wildman–Crippen LogP) is 5.98. The molecule has 0 N–H and O–H groups in total. The Morgan fingerprint density at radius 2 is 1.20 bits per heavy atom. The number of hydrogen-bond donors (Lipinski definition) is 0. The van der Waals surface area contributed by atoms with Crippen molar-refractivity contribution in [1.29, 1.82) is 0 Å². The summed E-state index contributed by atoms with van der Waals surface area (Å²) in [7, 11) is 0. The van der Waals surface area contributed by atoms with Crippen LogP contribution in [0.3, 0.4) is 0 Å². The normalized spacial score (nSPS) is 35.8. The molecule has 4 atom stereocenters. The molecule has 2 saturated heterocycles. The number of ether oxygens (including phenoxy) is 2. The molecular weight excluding hydrogens is 328 g/mol. The molecule has 144 valence electrons. The average Bonchev–Trinajstić information content (AvgIpc) is 3.58. The van der Waals surface area contributed by atoms with Crippen LogP contribution < -0.4 is 0 Å². The van der Waals surface area contributed by atoms with Crippen molar-refractivity contribution in [3.05, 3.63) is 0 Å². The molecule has 4 unspecified atom stereocenters. The van der Waals surface area contributed by atoms with Crippen LogP contribution in [0.5, 0.6) is 0 Å². The Bertz CT molecular complexity index is 391. The van der Waals surface area contributed by atoms with Crippen molar-refractivity contribution in [2.24, 2.45) is 11.8 Å². The van der Waals surface area contributed by atoms with E-state index in [1.807, 2.05) is 0 Å². The standard InChI is InChI=1S/C22H38O2S/c1-3-17(19-9-5-7-15-23-19)21(11-12-21)25-22(13-14-22)18(4-2)20-10-6-8-16-24-20/h17-20H,3-16H2,1-2H3. The minimum atomic E-state index is 0.537. The predicted molar refractivity (Wildman–Crippen MR) is 106 cm³/mol. The number of hydrogen-bond acceptors (Lipinski definition) is 3. The fraction of sp³-hybridized carbons (Fsp3) is 1.00. The van der Waals surface area contributed by atoms with Gasteiger partial charge in [0.1, 0.15) is 0 Å². The molecular formula is C22H38O2S. The van der Waals surface area contributed by atoms with E-state index < -0.39 is 0 Å². The Labute approximate surface area is 159 Å². The second kappa shape index (κ2) is 7.72. The molecule has 0 bridgehead atoms. The largest absolute Gasteiger partial charge is 0.378 e. The van der Waals surface area contributed by atoms with Gasteiger partial charge in [-0.2, -0.15) is 0 Å². The van der Waals surface area contributed by atoms with Crippen molar-refractivity contribution in [2.75, 3.05) is 13.2 Å². The SMILES string of the molecule is CCC(C1CCCCO1)C1(SC2(C(CC)C3CCCCO3)CC2)CC1. The summed E-state index contributed by atoms with van der Waals surface area (Å²) in [5.41, 5.74) is 0. The maximum absolute atomic E-state index is 6.26. The highest BCUT2D eigenvalue weighted by Gasteiger charge is 2.62. The highest BCUT2D eigenvalue weighted by molar-refractivity contribution is 8.02. The molecule has 2 heterocycles. The van der Waals surface area contributed by atoms with E-state index in [1.54, 1.807) is 0 Å². The van der Waals surface area contributed by atoms with Gasteiger partial charge in [0, 0.05) is 22.7 Å². The van der Waals surface area contributed by atoms with Crippen molar-refractivity contribution < 1.29 is 9.47 Å². The first kappa shape index (κ1) is 18.6. The highest BCUT2D eigenvalue weighted by atomic mass is 32.2. The van der Waals surface area contributed by atoms with Gasteiger partial charge in [0.2, 0.25) is 0 Å². The highest BCUT2D eigenvalue weighted by Crippen LogP contribution is 2.69. The van der Waals surface area contributed by atoms with E-state index in [4.69, 9.17) is 9.47 Å². The van der Waals surface area contributed by atoms with Crippen molar-refractivity contribution >= 4 is 11.8 Å². The Morgan fingerprint density at radius 1 is 0.760 bits per heavy atom. The summed E-state index contributed by atoms with van der Waals surface area (Å²) in [5, 5.41) is 0. The van der Waals surface area contributed by atoms with Crippen molar-refractivity contribution in [3.63, 3.8) is 0 Å². The summed E-state index contributed by atoms with van der Waals surface area (Å²) in [6, 6.07) is 0. The van der Waals surface area contributed by atoms with E-state index in [9.17, 15) is 0 Å². The Balaban J connectivity index is 1.45. The van der Waals surface area contributed by atoms with E-state index in [1.165, 1.54) is 77.0 Å². The first-order valence-electron chi connectivity index (χ1n) is 11.2. The molecule has 2 nitrogen and oxygen atoms in total. The van der Waals surface area contributed by atoms with E-state index in [0.717, 1.165) is 25.0 Å². The molecule has 0 aromatic carbocycles. The third-order valence-corrected chi connectivity index (χ3v) is 9.69. The van der Waals surface area contributed by atoms with Crippen LogP contribution in [0.25, 0.3) is 0 Å². The monoisotopic (exact) mass is 366 g/mol. The number of thioether (sulfide) groups is 1. The van der Waals surface area contributed by atoms with Crippen LogP contribution in [0.4, 0.5) is 0 Å². The first-order valence-corrected chi connectivity index (χ1v) is 12.0. The minimum Gasteiger partial charge on any atom is -0.378 e. The summed E-state index contributed by atoms with van der Waals surface area (Å²) in [6.07, 6.45) is 17.3. The van der Waals surface area contributed by atoms with Crippen LogP contribution in [0.1, 0.15) is 90.9 Å². The molecule has 4 fully saturated rings. The van der Waals surface area contributed by atoms with Gasteiger partial charge in [0.15, 0.2) is 0 Å².